The number of carboxylic acid groups (broad SMARTS) is 1. The Morgan fingerprint density at radius 1 is 0.962 bits per heavy atom. The minimum Gasteiger partial charge on any atom is -0.465 e. The van der Waals surface area contributed by atoms with Crippen LogP contribution in [0.4, 0.5) is 4.79 Å². The van der Waals surface area contributed by atoms with E-state index in [9.17, 15) is 9.59 Å². The molecule has 2 aliphatic heterocycles. The Morgan fingerprint density at radius 3 is 2.35 bits per heavy atom. The highest BCUT2D eigenvalue weighted by molar-refractivity contribution is 5.97. The second-order valence-electron chi connectivity index (χ2n) is 6.86. The molecule has 0 atom stereocenters. The molecule has 0 bridgehead atoms. The first kappa shape index (κ1) is 16.8. The first-order chi connectivity index (χ1) is 12.6. The van der Waals surface area contributed by atoms with Gasteiger partial charge in [0.05, 0.1) is 0 Å². The zero-order valence-electron chi connectivity index (χ0n) is 14.5. The van der Waals surface area contributed by atoms with Gasteiger partial charge >= 0.3 is 6.09 Å². The standard InChI is InChI=1S/C17H22N6O3/c24-16(12-1-2-14-15(11-12)19-20-18-14)22-9-7-21(8-10-22)13-3-5-23(6-4-13)17(25)26/h1-2,11,13H,3-10H2,(H,25,26)(H,18,19,20). The summed E-state index contributed by atoms with van der Waals surface area (Å²) in [5.41, 5.74) is 2.08. The van der Waals surface area contributed by atoms with Crippen molar-refractivity contribution in [2.45, 2.75) is 18.9 Å². The van der Waals surface area contributed by atoms with Crippen molar-refractivity contribution < 1.29 is 14.7 Å². The van der Waals surface area contributed by atoms with E-state index in [0.29, 0.717) is 43.3 Å². The number of piperazine rings is 1. The molecule has 0 spiro atoms. The van der Waals surface area contributed by atoms with Crippen LogP contribution in [0.25, 0.3) is 11.0 Å². The number of aromatic nitrogens is 3. The fourth-order valence-corrected chi connectivity index (χ4v) is 3.87. The Morgan fingerprint density at radius 2 is 1.65 bits per heavy atom. The minimum atomic E-state index is -0.831. The van der Waals surface area contributed by atoms with Gasteiger partial charge in [0.1, 0.15) is 11.0 Å². The zero-order valence-corrected chi connectivity index (χ0v) is 14.5. The van der Waals surface area contributed by atoms with Gasteiger partial charge in [-0.15, -0.1) is 0 Å². The molecule has 0 aliphatic carbocycles. The number of aromatic amines is 1. The van der Waals surface area contributed by atoms with Crippen molar-refractivity contribution in [2.75, 3.05) is 39.3 Å². The number of carbonyl (C=O) groups excluding carboxylic acids is 1. The van der Waals surface area contributed by atoms with Crippen LogP contribution in [0.1, 0.15) is 23.2 Å². The third-order valence-electron chi connectivity index (χ3n) is 5.42. The third kappa shape index (κ3) is 3.22. The smallest absolute Gasteiger partial charge is 0.407 e. The van der Waals surface area contributed by atoms with Crippen molar-refractivity contribution in [3.05, 3.63) is 23.8 Å². The van der Waals surface area contributed by atoms with Gasteiger partial charge in [0, 0.05) is 50.9 Å². The van der Waals surface area contributed by atoms with Gasteiger partial charge in [-0.1, -0.05) is 0 Å². The molecule has 0 unspecified atom stereocenters. The van der Waals surface area contributed by atoms with Crippen LogP contribution >= 0.6 is 0 Å². The van der Waals surface area contributed by atoms with Crippen LogP contribution in [0.3, 0.4) is 0 Å². The number of benzene rings is 1. The van der Waals surface area contributed by atoms with Crippen molar-refractivity contribution in [3.63, 3.8) is 0 Å². The number of nitrogens with zero attached hydrogens (tertiary/aromatic N) is 5. The number of hydrogen-bond acceptors (Lipinski definition) is 5. The summed E-state index contributed by atoms with van der Waals surface area (Å²) < 4.78 is 0. The molecule has 2 N–H and O–H groups in total. The van der Waals surface area contributed by atoms with Crippen molar-refractivity contribution >= 4 is 23.0 Å². The lowest BCUT2D eigenvalue weighted by molar-refractivity contribution is 0.0451. The molecule has 2 saturated heterocycles. The number of rotatable bonds is 2. The number of piperidine rings is 1. The number of fused-ring (bicyclic) bond motifs is 1. The highest BCUT2D eigenvalue weighted by atomic mass is 16.4. The van der Waals surface area contributed by atoms with E-state index in [1.807, 2.05) is 4.90 Å². The second-order valence-corrected chi connectivity index (χ2v) is 6.86. The van der Waals surface area contributed by atoms with Gasteiger partial charge in [-0.05, 0) is 31.0 Å². The van der Waals surface area contributed by atoms with E-state index in [4.69, 9.17) is 5.11 Å². The molecule has 9 nitrogen and oxygen atoms in total. The maximum atomic E-state index is 12.7. The van der Waals surface area contributed by atoms with Gasteiger partial charge in [0.15, 0.2) is 0 Å². The van der Waals surface area contributed by atoms with Gasteiger partial charge in [-0.2, -0.15) is 15.4 Å². The lowest BCUT2D eigenvalue weighted by Gasteiger charge is -2.42. The van der Waals surface area contributed by atoms with E-state index in [0.717, 1.165) is 31.4 Å². The number of carbonyl (C=O) groups is 2. The van der Waals surface area contributed by atoms with E-state index in [1.165, 1.54) is 4.90 Å². The molecular formula is C17H22N6O3. The molecule has 2 aliphatic rings. The maximum Gasteiger partial charge on any atom is 0.407 e. The average molecular weight is 358 g/mol. The number of likely N-dealkylation sites (tertiary alicyclic amines) is 1. The third-order valence-corrected chi connectivity index (χ3v) is 5.42. The Labute approximate surface area is 150 Å². The molecule has 2 fully saturated rings. The molecule has 1 aromatic carbocycles. The summed E-state index contributed by atoms with van der Waals surface area (Å²) in [6.07, 6.45) is 0.898. The maximum absolute atomic E-state index is 12.7. The van der Waals surface area contributed by atoms with E-state index < -0.39 is 6.09 Å². The molecule has 3 heterocycles. The summed E-state index contributed by atoms with van der Waals surface area (Å²) >= 11 is 0. The molecule has 2 amide bonds. The Kier molecular flexibility index (Phi) is 4.46. The molecule has 2 aromatic rings. The Balaban J connectivity index is 1.33. The summed E-state index contributed by atoms with van der Waals surface area (Å²) in [6, 6.07) is 5.78. The van der Waals surface area contributed by atoms with Crippen molar-refractivity contribution in [2.24, 2.45) is 0 Å². The van der Waals surface area contributed by atoms with Crippen LogP contribution in [-0.2, 0) is 0 Å². The van der Waals surface area contributed by atoms with Crippen LogP contribution < -0.4 is 0 Å². The van der Waals surface area contributed by atoms with Gasteiger partial charge < -0.3 is 14.9 Å². The normalized spacial score (nSPS) is 19.8. The highest BCUT2D eigenvalue weighted by Crippen LogP contribution is 2.20. The number of H-pyrrole nitrogens is 1. The summed E-state index contributed by atoms with van der Waals surface area (Å²) in [5.74, 6) is 0.0234. The zero-order chi connectivity index (χ0) is 18.1. The topological polar surface area (TPSA) is 106 Å². The fourth-order valence-electron chi connectivity index (χ4n) is 3.87. The van der Waals surface area contributed by atoms with Gasteiger partial charge in [0.25, 0.3) is 5.91 Å². The lowest BCUT2D eigenvalue weighted by atomic mass is 10.0. The predicted octanol–water partition coefficient (Wildman–Crippen LogP) is 0.858. The average Bonchev–Trinajstić information content (AvgIpc) is 3.15. The molecular weight excluding hydrogens is 336 g/mol. The van der Waals surface area contributed by atoms with Crippen LogP contribution in [0.5, 0.6) is 0 Å². The van der Waals surface area contributed by atoms with Gasteiger partial charge in [0.2, 0.25) is 0 Å². The molecule has 26 heavy (non-hydrogen) atoms. The number of hydrogen-bond donors (Lipinski definition) is 2. The van der Waals surface area contributed by atoms with E-state index in [1.54, 1.807) is 18.2 Å². The molecule has 4 rings (SSSR count). The fraction of sp³-hybridized carbons (Fsp3) is 0.529. The van der Waals surface area contributed by atoms with E-state index in [2.05, 4.69) is 20.3 Å². The number of nitrogens with one attached hydrogen (secondary N) is 1. The predicted molar refractivity (Wildman–Crippen MR) is 94.0 cm³/mol. The molecule has 138 valence electrons. The molecule has 0 radical (unpaired) electrons. The first-order valence-corrected chi connectivity index (χ1v) is 8.93. The monoisotopic (exact) mass is 358 g/mol. The van der Waals surface area contributed by atoms with E-state index in [-0.39, 0.29) is 5.91 Å². The van der Waals surface area contributed by atoms with Crippen LogP contribution in [0.15, 0.2) is 18.2 Å². The first-order valence-electron chi connectivity index (χ1n) is 8.93. The highest BCUT2D eigenvalue weighted by Gasteiger charge is 2.30. The SMILES string of the molecule is O=C(O)N1CCC(N2CCN(C(=O)c3ccc4n[nH]nc4c3)CC2)CC1. The lowest BCUT2D eigenvalue weighted by Crippen LogP contribution is -2.54. The Bertz CT molecular complexity index is 806. The van der Waals surface area contributed by atoms with Crippen LogP contribution in [0.2, 0.25) is 0 Å². The second kappa shape index (κ2) is 6.91. The summed E-state index contributed by atoms with van der Waals surface area (Å²) in [4.78, 5) is 29.5. The summed E-state index contributed by atoms with van der Waals surface area (Å²) in [6.45, 7) is 4.22. The van der Waals surface area contributed by atoms with E-state index >= 15 is 0 Å². The summed E-state index contributed by atoms with van der Waals surface area (Å²) in [5, 5.41) is 19.7. The Hall–Kier alpha value is -2.68. The molecule has 9 heteroatoms. The van der Waals surface area contributed by atoms with Crippen LogP contribution in [0, 0.1) is 0 Å². The van der Waals surface area contributed by atoms with Crippen molar-refractivity contribution in [3.8, 4) is 0 Å². The van der Waals surface area contributed by atoms with Crippen LogP contribution in [-0.4, -0.2) is 92.5 Å². The minimum absolute atomic E-state index is 0.0234. The largest absolute Gasteiger partial charge is 0.465 e. The van der Waals surface area contributed by atoms with Gasteiger partial charge in [-0.25, -0.2) is 4.79 Å². The number of amides is 2. The molecule has 1 aromatic heterocycles. The summed E-state index contributed by atoms with van der Waals surface area (Å²) in [7, 11) is 0. The van der Waals surface area contributed by atoms with Crippen molar-refractivity contribution in [1.29, 1.82) is 0 Å². The van der Waals surface area contributed by atoms with Crippen molar-refractivity contribution in [1.82, 2.24) is 30.1 Å². The molecule has 0 saturated carbocycles. The quantitative estimate of drug-likeness (QED) is 0.825. The van der Waals surface area contributed by atoms with Gasteiger partial charge in [-0.3, -0.25) is 9.69 Å².